The van der Waals surface area contributed by atoms with Gasteiger partial charge >= 0.3 is 0 Å². The Morgan fingerprint density at radius 1 is 1.25 bits per heavy atom. The number of methoxy groups -OCH3 is 1. The number of nitrogen functional groups attached to an aromatic ring is 1. The van der Waals surface area contributed by atoms with Crippen LogP contribution in [0.3, 0.4) is 0 Å². The summed E-state index contributed by atoms with van der Waals surface area (Å²) >= 11 is 0. The van der Waals surface area contributed by atoms with Gasteiger partial charge in [0.15, 0.2) is 11.6 Å². The SMILES string of the molecule is COc1cnc(C)nc1NS(=O)(=O)c1ccc(N)cc1. The molecule has 0 radical (unpaired) electrons. The van der Waals surface area contributed by atoms with Crippen LogP contribution in [0.25, 0.3) is 0 Å². The summed E-state index contributed by atoms with van der Waals surface area (Å²) in [5, 5.41) is 0. The third-order valence-corrected chi connectivity index (χ3v) is 3.87. The first-order valence-electron chi connectivity index (χ1n) is 5.68. The summed E-state index contributed by atoms with van der Waals surface area (Å²) in [5.74, 6) is 0.771. The number of aromatic nitrogens is 2. The molecule has 0 unspecified atom stereocenters. The van der Waals surface area contributed by atoms with Gasteiger partial charge in [0, 0.05) is 5.69 Å². The van der Waals surface area contributed by atoms with Crippen LogP contribution < -0.4 is 15.2 Å². The van der Waals surface area contributed by atoms with Crippen LogP contribution in [-0.4, -0.2) is 25.5 Å². The van der Waals surface area contributed by atoms with Crippen LogP contribution in [0.1, 0.15) is 5.82 Å². The van der Waals surface area contributed by atoms with Crippen LogP contribution in [0.15, 0.2) is 35.4 Å². The number of nitrogens with zero attached hydrogens (tertiary/aromatic N) is 2. The number of nitrogens with one attached hydrogen (secondary N) is 1. The van der Waals surface area contributed by atoms with Crippen molar-refractivity contribution in [2.75, 3.05) is 17.6 Å². The van der Waals surface area contributed by atoms with Crippen LogP contribution in [0.5, 0.6) is 5.75 Å². The second-order valence-corrected chi connectivity index (χ2v) is 5.69. The summed E-state index contributed by atoms with van der Waals surface area (Å²) in [5.41, 5.74) is 6.02. The van der Waals surface area contributed by atoms with E-state index < -0.39 is 10.0 Å². The van der Waals surface area contributed by atoms with Crippen LogP contribution >= 0.6 is 0 Å². The smallest absolute Gasteiger partial charge is 0.263 e. The van der Waals surface area contributed by atoms with Crippen LogP contribution in [0.4, 0.5) is 11.5 Å². The van der Waals surface area contributed by atoms with E-state index in [1.54, 1.807) is 6.92 Å². The molecule has 0 fully saturated rings. The molecule has 0 aliphatic heterocycles. The quantitative estimate of drug-likeness (QED) is 0.820. The van der Waals surface area contributed by atoms with E-state index in [1.807, 2.05) is 0 Å². The second-order valence-electron chi connectivity index (χ2n) is 4.01. The van der Waals surface area contributed by atoms with Gasteiger partial charge in [0.25, 0.3) is 10.0 Å². The predicted octanol–water partition coefficient (Wildman–Crippen LogP) is 1.18. The summed E-state index contributed by atoms with van der Waals surface area (Å²) in [7, 11) is -2.34. The Hall–Kier alpha value is -2.35. The molecular weight excluding hydrogens is 280 g/mol. The molecule has 0 saturated heterocycles. The molecule has 1 heterocycles. The molecule has 0 bridgehead atoms. The molecule has 3 N–H and O–H groups in total. The van der Waals surface area contributed by atoms with Crippen LogP contribution in [0.2, 0.25) is 0 Å². The molecular formula is C12H14N4O3S. The van der Waals surface area contributed by atoms with Crippen LogP contribution in [0, 0.1) is 6.92 Å². The molecule has 0 saturated carbocycles. The van der Waals surface area contributed by atoms with Crippen molar-refractivity contribution in [1.82, 2.24) is 9.97 Å². The monoisotopic (exact) mass is 294 g/mol. The highest BCUT2D eigenvalue weighted by atomic mass is 32.2. The number of nitrogens with two attached hydrogens (primary N) is 1. The van der Waals surface area contributed by atoms with Gasteiger partial charge in [-0.2, -0.15) is 0 Å². The zero-order valence-corrected chi connectivity index (χ0v) is 11.8. The molecule has 1 aromatic heterocycles. The first-order chi connectivity index (χ1) is 9.42. The van der Waals surface area contributed by atoms with E-state index in [4.69, 9.17) is 10.5 Å². The van der Waals surface area contributed by atoms with E-state index in [-0.39, 0.29) is 16.5 Å². The number of anilines is 2. The summed E-state index contributed by atoms with van der Waals surface area (Å²) < 4.78 is 31.8. The maximum absolute atomic E-state index is 12.2. The molecule has 2 rings (SSSR count). The van der Waals surface area contributed by atoms with Crippen molar-refractivity contribution in [3.63, 3.8) is 0 Å². The highest BCUT2D eigenvalue weighted by Gasteiger charge is 2.17. The Morgan fingerprint density at radius 3 is 2.50 bits per heavy atom. The molecule has 0 atom stereocenters. The molecule has 7 nitrogen and oxygen atoms in total. The number of ether oxygens (including phenoxy) is 1. The fourth-order valence-corrected chi connectivity index (χ4v) is 2.53. The largest absolute Gasteiger partial charge is 0.491 e. The highest BCUT2D eigenvalue weighted by Crippen LogP contribution is 2.23. The predicted molar refractivity (Wildman–Crippen MR) is 75.0 cm³/mol. The van der Waals surface area contributed by atoms with Crippen molar-refractivity contribution in [3.8, 4) is 5.75 Å². The minimum atomic E-state index is -3.76. The number of benzene rings is 1. The molecule has 20 heavy (non-hydrogen) atoms. The van der Waals surface area contributed by atoms with Gasteiger partial charge in [-0.3, -0.25) is 4.72 Å². The van der Waals surface area contributed by atoms with E-state index in [1.165, 1.54) is 37.6 Å². The number of hydrogen-bond acceptors (Lipinski definition) is 6. The second kappa shape index (κ2) is 5.33. The van der Waals surface area contributed by atoms with Crippen molar-refractivity contribution in [3.05, 3.63) is 36.3 Å². The first-order valence-corrected chi connectivity index (χ1v) is 7.16. The Balaban J connectivity index is 2.37. The normalized spacial score (nSPS) is 11.1. The maximum Gasteiger partial charge on any atom is 0.263 e. The Morgan fingerprint density at radius 2 is 1.90 bits per heavy atom. The lowest BCUT2D eigenvalue weighted by Crippen LogP contribution is -2.15. The molecule has 8 heteroatoms. The van der Waals surface area contributed by atoms with E-state index in [0.717, 1.165) is 0 Å². The minimum absolute atomic E-state index is 0.0880. The molecule has 106 valence electrons. The standard InChI is InChI=1S/C12H14N4O3S/c1-8-14-7-11(19-2)12(15-8)16-20(17,18)10-5-3-9(13)4-6-10/h3-7H,13H2,1-2H3,(H,14,15,16). The summed E-state index contributed by atoms with van der Waals surface area (Å²) in [6.07, 6.45) is 1.41. The van der Waals surface area contributed by atoms with Crippen molar-refractivity contribution in [1.29, 1.82) is 0 Å². The Bertz CT molecular complexity index is 714. The number of aryl methyl sites for hydroxylation is 1. The maximum atomic E-state index is 12.2. The van der Waals surface area contributed by atoms with Crippen LogP contribution in [-0.2, 0) is 10.0 Å². The topological polar surface area (TPSA) is 107 Å². The van der Waals surface area contributed by atoms with Gasteiger partial charge in [-0.25, -0.2) is 18.4 Å². The third-order valence-electron chi connectivity index (χ3n) is 2.52. The van der Waals surface area contributed by atoms with Gasteiger partial charge < -0.3 is 10.5 Å². The average molecular weight is 294 g/mol. The molecule has 2 aromatic rings. The number of hydrogen-bond donors (Lipinski definition) is 2. The zero-order valence-electron chi connectivity index (χ0n) is 11.0. The average Bonchev–Trinajstić information content (AvgIpc) is 2.39. The lowest BCUT2D eigenvalue weighted by molar-refractivity contribution is 0.412. The van der Waals surface area contributed by atoms with Crippen molar-refractivity contribution < 1.29 is 13.2 Å². The summed E-state index contributed by atoms with van der Waals surface area (Å²) in [6, 6.07) is 5.85. The fourth-order valence-electron chi connectivity index (χ4n) is 1.51. The van der Waals surface area contributed by atoms with E-state index in [9.17, 15) is 8.42 Å². The van der Waals surface area contributed by atoms with E-state index in [0.29, 0.717) is 11.5 Å². The number of rotatable bonds is 4. The molecule has 0 spiro atoms. The first kappa shape index (κ1) is 14.1. The lowest BCUT2D eigenvalue weighted by Gasteiger charge is -2.11. The lowest BCUT2D eigenvalue weighted by atomic mass is 10.3. The van der Waals surface area contributed by atoms with Gasteiger partial charge in [-0.05, 0) is 31.2 Å². The van der Waals surface area contributed by atoms with Gasteiger partial charge in [-0.15, -0.1) is 0 Å². The van der Waals surface area contributed by atoms with E-state index >= 15 is 0 Å². The molecule has 0 aliphatic rings. The van der Waals surface area contributed by atoms with Gasteiger partial charge in [0.05, 0.1) is 18.2 Å². The highest BCUT2D eigenvalue weighted by molar-refractivity contribution is 7.92. The Kier molecular flexibility index (Phi) is 3.75. The Labute approximate surface area is 116 Å². The van der Waals surface area contributed by atoms with Crippen molar-refractivity contribution in [2.24, 2.45) is 0 Å². The van der Waals surface area contributed by atoms with E-state index in [2.05, 4.69) is 14.7 Å². The van der Waals surface area contributed by atoms with Crippen molar-refractivity contribution in [2.45, 2.75) is 11.8 Å². The third kappa shape index (κ3) is 2.97. The number of sulfonamides is 1. The van der Waals surface area contributed by atoms with Gasteiger partial charge in [-0.1, -0.05) is 0 Å². The minimum Gasteiger partial charge on any atom is -0.491 e. The molecule has 0 aliphatic carbocycles. The fraction of sp³-hybridized carbons (Fsp3) is 0.167. The summed E-state index contributed by atoms with van der Waals surface area (Å²) in [6.45, 7) is 1.65. The molecule has 0 amide bonds. The summed E-state index contributed by atoms with van der Waals surface area (Å²) in [4.78, 5) is 8.05. The molecule has 1 aromatic carbocycles. The zero-order chi connectivity index (χ0) is 14.8. The van der Waals surface area contributed by atoms with Gasteiger partial charge in [0.2, 0.25) is 0 Å². The van der Waals surface area contributed by atoms with Crippen molar-refractivity contribution >= 4 is 21.5 Å². The van der Waals surface area contributed by atoms with Gasteiger partial charge in [0.1, 0.15) is 5.82 Å².